The number of hydrogen-bond acceptors (Lipinski definition) is 12. The van der Waals surface area contributed by atoms with Crippen LogP contribution in [-0.2, 0) is 58.6 Å². The lowest BCUT2D eigenvalue weighted by Crippen LogP contribution is -2.36. The van der Waals surface area contributed by atoms with Gasteiger partial charge < -0.3 is 28.9 Å². The molecule has 2 aliphatic heterocycles. The summed E-state index contributed by atoms with van der Waals surface area (Å²) in [6.45, 7) is -1.29. The maximum absolute atomic E-state index is 12.6. The van der Waals surface area contributed by atoms with Gasteiger partial charge in [0.15, 0.2) is 12.5 Å². The molecule has 17 nitrogen and oxygen atoms in total. The molecule has 238 valence electrons. The molecule has 0 amide bonds. The van der Waals surface area contributed by atoms with Crippen molar-refractivity contribution in [2.45, 2.75) is 43.9 Å². The molecule has 0 saturated carbocycles. The average molecular weight is 676 g/mol. The van der Waals surface area contributed by atoms with Crippen LogP contribution in [0.3, 0.4) is 0 Å². The van der Waals surface area contributed by atoms with Crippen molar-refractivity contribution in [1.29, 1.82) is 0 Å². The number of nitrogens with one attached hydrogen (secondary N) is 1. The van der Waals surface area contributed by atoms with E-state index in [4.69, 9.17) is 18.7 Å². The van der Waals surface area contributed by atoms with Gasteiger partial charge in [-0.1, -0.05) is 60.7 Å². The van der Waals surface area contributed by atoms with Crippen LogP contribution in [0.2, 0.25) is 0 Å². The number of nitrogens with zero attached hydrogens (tertiary/aromatic N) is 1. The molecule has 2 saturated heterocycles. The number of benzene rings is 2. The van der Waals surface area contributed by atoms with E-state index >= 15 is 0 Å². The van der Waals surface area contributed by atoms with E-state index in [1.54, 1.807) is 30.3 Å². The third-order valence-electron chi connectivity index (χ3n) is 6.33. The zero-order chi connectivity index (χ0) is 31.5. The molecule has 2 aromatic carbocycles. The van der Waals surface area contributed by atoms with Crippen LogP contribution in [0.25, 0.3) is 0 Å². The van der Waals surface area contributed by atoms with Gasteiger partial charge in [-0.05, 0) is 11.1 Å². The molecular weight excluding hydrogens is 649 g/mol. The first-order valence-electron chi connectivity index (χ1n) is 12.8. The number of hydrogen-bond donors (Lipinski definition) is 4. The fourth-order valence-corrected chi connectivity index (χ4v) is 8.01. The van der Waals surface area contributed by atoms with Crippen LogP contribution in [-0.4, -0.2) is 55.4 Å². The second-order valence-corrected chi connectivity index (χ2v) is 14.2. The molecule has 8 atom stereocenters. The van der Waals surface area contributed by atoms with E-state index in [0.717, 1.165) is 16.2 Å². The molecule has 20 heteroatoms. The quantitative estimate of drug-likeness (QED) is 0.190. The van der Waals surface area contributed by atoms with E-state index in [1.165, 1.54) is 6.20 Å². The molecule has 4 N–H and O–H groups in total. The summed E-state index contributed by atoms with van der Waals surface area (Å²) in [5.74, 6) is 0. The Hall–Kier alpha value is -2.59. The molecule has 2 aliphatic rings. The van der Waals surface area contributed by atoms with Crippen LogP contribution in [0.4, 0.5) is 0 Å². The number of rotatable bonds is 13. The Bertz CT molecular complexity index is 1700. The average Bonchev–Trinajstić information content (AvgIpc) is 3.50. The van der Waals surface area contributed by atoms with Crippen LogP contribution in [0.5, 0.6) is 0 Å². The molecule has 3 aromatic rings. The van der Waals surface area contributed by atoms with Crippen molar-refractivity contribution in [1.82, 2.24) is 9.55 Å². The van der Waals surface area contributed by atoms with Gasteiger partial charge in [0.05, 0.1) is 13.2 Å². The van der Waals surface area contributed by atoms with Crippen molar-refractivity contribution in [3.05, 3.63) is 105 Å². The predicted octanol–water partition coefficient (Wildman–Crippen LogP) is 2.35. The lowest BCUT2D eigenvalue weighted by Gasteiger charge is -2.22. The Kier molecular flexibility index (Phi) is 10.00. The third-order valence-corrected chi connectivity index (χ3v) is 10.6. The zero-order valence-electron chi connectivity index (χ0n) is 22.5. The lowest BCUT2D eigenvalue weighted by molar-refractivity contribution is -0.150. The van der Waals surface area contributed by atoms with E-state index in [-0.39, 0.29) is 0 Å². The first kappa shape index (κ1) is 32.8. The molecule has 0 radical (unpaired) electrons. The summed E-state index contributed by atoms with van der Waals surface area (Å²) in [4.78, 5) is 56.0. The maximum atomic E-state index is 12.6. The first-order chi connectivity index (χ1) is 20.8. The number of fused-ring (bicyclic) bond motifs is 1. The molecule has 44 heavy (non-hydrogen) atoms. The molecule has 0 spiro atoms. The van der Waals surface area contributed by atoms with Crippen LogP contribution in [0.15, 0.2) is 82.5 Å². The number of phosphoric acid groups is 3. The van der Waals surface area contributed by atoms with Gasteiger partial charge in [-0.2, -0.15) is 8.62 Å². The van der Waals surface area contributed by atoms with Crippen LogP contribution < -0.4 is 11.2 Å². The van der Waals surface area contributed by atoms with E-state index in [2.05, 4.69) is 18.1 Å². The Labute approximate surface area is 248 Å². The number of phosphoric ester groups is 2. The number of aromatic amines is 1. The van der Waals surface area contributed by atoms with Crippen molar-refractivity contribution in [2.75, 3.05) is 6.61 Å². The monoisotopic (exact) mass is 676 g/mol. The van der Waals surface area contributed by atoms with Gasteiger partial charge in [0, 0.05) is 18.7 Å². The summed E-state index contributed by atoms with van der Waals surface area (Å²) in [7, 11) is -16.4. The van der Waals surface area contributed by atoms with Crippen LogP contribution in [0, 0.1) is 0 Å². The van der Waals surface area contributed by atoms with E-state index in [9.17, 15) is 38.0 Å². The minimum absolute atomic E-state index is 0.300. The van der Waals surface area contributed by atoms with E-state index in [1.807, 2.05) is 30.3 Å². The predicted molar refractivity (Wildman–Crippen MR) is 148 cm³/mol. The highest BCUT2D eigenvalue weighted by atomic mass is 31.3. The summed E-state index contributed by atoms with van der Waals surface area (Å²) >= 11 is 0. The third kappa shape index (κ3) is 8.56. The Morgan fingerprint density at radius 3 is 1.98 bits per heavy atom. The summed E-state index contributed by atoms with van der Waals surface area (Å²) in [6, 6.07) is 18.2. The highest BCUT2D eigenvalue weighted by molar-refractivity contribution is 7.66. The number of H-pyrrole nitrogens is 1. The zero-order valence-corrected chi connectivity index (χ0v) is 25.1. The van der Waals surface area contributed by atoms with E-state index < -0.39 is 78.8 Å². The highest BCUT2D eigenvalue weighted by Gasteiger charge is 2.54. The lowest BCUT2D eigenvalue weighted by atomic mass is 10.1. The molecule has 5 rings (SSSR count). The maximum Gasteiger partial charge on any atom is 0.490 e. The molecule has 2 fully saturated rings. The highest BCUT2D eigenvalue weighted by Crippen LogP contribution is 2.68. The number of ether oxygens (including phenoxy) is 3. The smallest absolute Gasteiger partial charge is 0.346 e. The normalized spacial score (nSPS) is 27.2. The van der Waals surface area contributed by atoms with Gasteiger partial charge in [-0.15, -0.1) is 0 Å². The fourth-order valence-electron chi connectivity index (χ4n) is 4.51. The van der Waals surface area contributed by atoms with Crippen molar-refractivity contribution in [2.24, 2.45) is 0 Å². The van der Waals surface area contributed by atoms with Gasteiger partial charge in [-0.3, -0.25) is 23.4 Å². The summed E-state index contributed by atoms with van der Waals surface area (Å²) in [5.41, 5.74) is -0.185. The standard InChI is InChI=1S/C24H27N2O15P3/c27-19-11-12-26(24(28)25-19)23-22-21(38-20(39-22)13-16-7-3-1-4-8-16)18(37-23)15-36-43(31,32)41-44(33,34)40-42(29,30)35-14-17-9-5-2-6-10-17/h1-12,18,20-23H,13-15H2,(H,29,30)(H,31,32)(H,33,34)(H,25,27,28)/t18-,20?,21+,22?,23-/m1/s1. The summed E-state index contributed by atoms with van der Waals surface area (Å²) < 4.78 is 73.6. The number of aromatic nitrogens is 2. The first-order valence-corrected chi connectivity index (χ1v) is 17.3. The van der Waals surface area contributed by atoms with Crippen molar-refractivity contribution >= 4 is 23.5 Å². The molecule has 0 aliphatic carbocycles. The largest absolute Gasteiger partial charge is 0.490 e. The Morgan fingerprint density at radius 1 is 0.750 bits per heavy atom. The van der Waals surface area contributed by atoms with Crippen LogP contribution >= 0.6 is 23.5 Å². The van der Waals surface area contributed by atoms with Crippen molar-refractivity contribution in [3.8, 4) is 0 Å². The minimum atomic E-state index is -5.71. The molecule has 1 aromatic heterocycles. The fraction of sp³-hybridized carbons (Fsp3) is 0.333. The van der Waals surface area contributed by atoms with Crippen LogP contribution in [0.1, 0.15) is 17.4 Å². The Morgan fingerprint density at radius 2 is 1.34 bits per heavy atom. The minimum Gasteiger partial charge on any atom is -0.346 e. The van der Waals surface area contributed by atoms with Gasteiger partial charge in [0.1, 0.15) is 18.3 Å². The molecule has 3 heterocycles. The van der Waals surface area contributed by atoms with Gasteiger partial charge >= 0.3 is 29.2 Å². The molecule has 5 unspecified atom stereocenters. The summed E-state index contributed by atoms with van der Waals surface area (Å²) in [5, 5.41) is 0. The second-order valence-electron chi connectivity index (χ2n) is 9.53. The summed E-state index contributed by atoms with van der Waals surface area (Å²) in [6.07, 6.45) is -3.65. The van der Waals surface area contributed by atoms with Gasteiger partial charge in [0.2, 0.25) is 0 Å². The van der Waals surface area contributed by atoms with Gasteiger partial charge in [-0.25, -0.2) is 18.5 Å². The van der Waals surface area contributed by atoms with Crippen molar-refractivity contribution in [3.63, 3.8) is 0 Å². The Balaban J connectivity index is 1.24. The van der Waals surface area contributed by atoms with Crippen molar-refractivity contribution < 1.29 is 60.3 Å². The SMILES string of the molecule is O=c1ccn([C@@H]2O[C@H](COP(=O)(O)OP(=O)(O)OP(=O)(O)OCc3ccccc3)[C@@H]3OC(Cc4ccccc4)OC32)c(=O)[nH]1. The molecule has 0 bridgehead atoms. The second kappa shape index (κ2) is 13.4. The van der Waals surface area contributed by atoms with E-state index in [0.29, 0.717) is 12.0 Å². The molecular formula is C24H27N2O15P3. The van der Waals surface area contributed by atoms with Gasteiger partial charge in [0.25, 0.3) is 5.56 Å². The topological polar surface area (TPSA) is 231 Å².